The molecule has 4 nitrogen and oxygen atoms in total. The molecule has 20 heavy (non-hydrogen) atoms. The van der Waals surface area contributed by atoms with E-state index in [-0.39, 0.29) is 0 Å². The molecule has 0 radical (unpaired) electrons. The highest BCUT2D eigenvalue weighted by Gasteiger charge is 2.30. The minimum atomic E-state index is 0.316. The standard InChI is InChI=1S/C16H18N4/c17-16(20-15-8-4-5-9-18-15)19-14-10-13(11-14)12-6-2-1-3-7-12/h1-9,13-14H,10-11H2,(H3,17,18,19,20). The van der Waals surface area contributed by atoms with Gasteiger partial charge in [0.05, 0.1) is 6.04 Å². The lowest BCUT2D eigenvalue weighted by molar-refractivity contribution is 0.353. The third kappa shape index (κ3) is 2.96. The number of hydrogen-bond acceptors (Lipinski definition) is 2. The van der Waals surface area contributed by atoms with Crippen LogP contribution >= 0.6 is 0 Å². The van der Waals surface area contributed by atoms with Crippen molar-refractivity contribution < 1.29 is 0 Å². The Labute approximate surface area is 118 Å². The molecular formula is C16H18N4. The van der Waals surface area contributed by atoms with E-state index >= 15 is 0 Å². The second-order valence-corrected chi connectivity index (χ2v) is 5.09. The Balaban J connectivity index is 1.54. The molecule has 0 unspecified atom stereocenters. The third-order valence-electron chi connectivity index (χ3n) is 3.63. The summed E-state index contributed by atoms with van der Waals surface area (Å²) in [4.78, 5) is 8.66. The highest BCUT2D eigenvalue weighted by molar-refractivity contribution is 5.91. The molecule has 3 rings (SSSR count). The maximum Gasteiger partial charge on any atom is 0.194 e. The van der Waals surface area contributed by atoms with Crippen LogP contribution in [0.15, 0.2) is 59.7 Å². The smallest absolute Gasteiger partial charge is 0.194 e. The second kappa shape index (κ2) is 5.74. The zero-order chi connectivity index (χ0) is 13.8. The molecule has 1 saturated carbocycles. The first kappa shape index (κ1) is 12.7. The normalized spacial score (nSPS) is 22.1. The average molecular weight is 266 g/mol. The quantitative estimate of drug-likeness (QED) is 0.663. The number of nitrogens with one attached hydrogen (secondary N) is 1. The van der Waals surface area contributed by atoms with Gasteiger partial charge in [-0.3, -0.25) is 0 Å². The SMILES string of the molecule is NC(=NC1CC(c2ccccc2)C1)Nc1ccccn1. The molecule has 0 atom stereocenters. The summed E-state index contributed by atoms with van der Waals surface area (Å²) in [6, 6.07) is 16.6. The molecule has 0 bridgehead atoms. The molecule has 1 fully saturated rings. The van der Waals surface area contributed by atoms with Gasteiger partial charge in [0.15, 0.2) is 5.96 Å². The average Bonchev–Trinajstić information content (AvgIpc) is 2.44. The Morgan fingerprint density at radius 1 is 1.10 bits per heavy atom. The van der Waals surface area contributed by atoms with Crippen molar-refractivity contribution >= 4 is 11.8 Å². The van der Waals surface area contributed by atoms with Gasteiger partial charge in [-0.2, -0.15) is 0 Å². The first-order valence-corrected chi connectivity index (χ1v) is 6.87. The van der Waals surface area contributed by atoms with Crippen LogP contribution in [0.4, 0.5) is 5.82 Å². The van der Waals surface area contributed by atoms with Gasteiger partial charge in [-0.1, -0.05) is 36.4 Å². The van der Waals surface area contributed by atoms with E-state index in [0.717, 1.165) is 18.7 Å². The molecule has 1 aromatic heterocycles. The van der Waals surface area contributed by atoms with Crippen LogP contribution in [0.25, 0.3) is 0 Å². The number of aromatic nitrogens is 1. The van der Waals surface area contributed by atoms with Crippen molar-refractivity contribution in [1.82, 2.24) is 4.98 Å². The molecule has 0 spiro atoms. The zero-order valence-electron chi connectivity index (χ0n) is 11.2. The predicted octanol–water partition coefficient (Wildman–Crippen LogP) is 2.75. The molecule has 2 aromatic rings. The molecule has 1 aliphatic rings. The van der Waals surface area contributed by atoms with Crippen LogP contribution in [0, 0.1) is 0 Å². The fourth-order valence-corrected chi connectivity index (χ4v) is 2.49. The molecular weight excluding hydrogens is 248 g/mol. The summed E-state index contributed by atoms with van der Waals surface area (Å²) in [6.07, 6.45) is 3.85. The van der Waals surface area contributed by atoms with Gasteiger partial charge >= 0.3 is 0 Å². The van der Waals surface area contributed by atoms with Crippen molar-refractivity contribution in [3.05, 3.63) is 60.3 Å². The number of hydrogen-bond donors (Lipinski definition) is 2. The van der Waals surface area contributed by atoms with Crippen molar-refractivity contribution in [3.63, 3.8) is 0 Å². The molecule has 4 heteroatoms. The summed E-state index contributed by atoms with van der Waals surface area (Å²) >= 11 is 0. The number of guanidine groups is 1. The lowest BCUT2D eigenvalue weighted by Crippen LogP contribution is -2.31. The second-order valence-electron chi connectivity index (χ2n) is 5.09. The molecule has 1 aromatic carbocycles. The summed E-state index contributed by atoms with van der Waals surface area (Å²) in [5.41, 5.74) is 7.30. The number of benzene rings is 1. The number of aliphatic imine (C=N–C) groups is 1. The van der Waals surface area contributed by atoms with E-state index in [1.807, 2.05) is 24.3 Å². The number of rotatable bonds is 3. The number of nitrogens with zero attached hydrogens (tertiary/aromatic N) is 2. The minimum Gasteiger partial charge on any atom is -0.370 e. The fraction of sp³-hybridized carbons (Fsp3) is 0.250. The summed E-state index contributed by atoms with van der Waals surface area (Å²) in [6.45, 7) is 0. The summed E-state index contributed by atoms with van der Waals surface area (Å²) < 4.78 is 0. The highest BCUT2D eigenvalue weighted by atomic mass is 15.1. The topological polar surface area (TPSA) is 63.3 Å². The van der Waals surface area contributed by atoms with Crippen LogP contribution < -0.4 is 11.1 Å². The van der Waals surface area contributed by atoms with Crippen molar-refractivity contribution in [3.8, 4) is 0 Å². The number of nitrogens with two attached hydrogens (primary N) is 1. The molecule has 102 valence electrons. The maximum atomic E-state index is 5.90. The molecule has 3 N–H and O–H groups in total. The van der Waals surface area contributed by atoms with Crippen LogP contribution in [-0.2, 0) is 0 Å². The Bertz CT molecular complexity index is 574. The van der Waals surface area contributed by atoms with Gasteiger partial charge < -0.3 is 11.1 Å². The van der Waals surface area contributed by atoms with Crippen LogP contribution in [0.5, 0.6) is 0 Å². The van der Waals surface area contributed by atoms with Gasteiger partial charge in [0.1, 0.15) is 5.82 Å². The zero-order valence-corrected chi connectivity index (χ0v) is 11.2. The first-order valence-electron chi connectivity index (χ1n) is 6.87. The van der Waals surface area contributed by atoms with Crippen molar-refractivity contribution in [2.75, 3.05) is 5.32 Å². The largest absolute Gasteiger partial charge is 0.370 e. The number of anilines is 1. The van der Waals surface area contributed by atoms with E-state index in [2.05, 4.69) is 39.6 Å². The predicted molar refractivity (Wildman–Crippen MR) is 81.7 cm³/mol. The van der Waals surface area contributed by atoms with Gasteiger partial charge in [-0.05, 0) is 36.5 Å². The van der Waals surface area contributed by atoms with Gasteiger partial charge in [0, 0.05) is 6.20 Å². The van der Waals surface area contributed by atoms with Crippen LogP contribution in [0.1, 0.15) is 24.3 Å². The van der Waals surface area contributed by atoms with Crippen LogP contribution in [0.3, 0.4) is 0 Å². The Morgan fingerprint density at radius 3 is 2.55 bits per heavy atom. The van der Waals surface area contributed by atoms with E-state index in [1.54, 1.807) is 6.20 Å². The van der Waals surface area contributed by atoms with E-state index in [0.29, 0.717) is 17.9 Å². The molecule has 0 saturated heterocycles. The summed E-state index contributed by atoms with van der Waals surface area (Å²) in [7, 11) is 0. The van der Waals surface area contributed by atoms with Crippen LogP contribution in [-0.4, -0.2) is 17.0 Å². The Hall–Kier alpha value is -2.36. The van der Waals surface area contributed by atoms with Gasteiger partial charge in [0.2, 0.25) is 0 Å². The number of pyridine rings is 1. The monoisotopic (exact) mass is 266 g/mol. The Morgan fingerprint density at radius 2 is 1.85 bits per heavy atom. The molecule has 1 heterocycles. The van der Waals surface area contributed by atoms with Gasteiger partial charge in [-0.15, -0.1) is 0 Å². The van der Waals surface area contributed by atoms with Crippen molar-refractivity contribution in [1.29, 1.82) is 0 Å². The first-order chi connectivity index (χ1) is 9.81. The van der Waals surface area contributed by atoms with Crippen LogP contribution in [0.2, 0.25) is 0 Å². The third-order valence-corrected chi connectivity index (χ3v) is 3.63. The maximum absolute atomic E-state index is 5.90. The van der Waals surface area contributed by atoms with Crippen molar-refractivity contribution in [2.45, 2.75) is 24.8 Å². The van der Waals surface area contributed by atoms with E-state index < -0.39 is 0 Å². The van der Waals surface area contributed by atoms with Crippen molar-refractivity contribution in [2.24, 2.45) is 10.7 Å². The molecule has 1 aliphatic carbocycles. The Kier molecular flexibility index (Phi) is 3.63. The van der Waals surface area contributed by atoms with Gasteiger partial charge in [0.25, 0.3) is 0 Å². The fourth-order valence-electron chi connectivity index (χ4n) is 2.49. The van der Waals surface area contributed by atoms with E-state index in [4.69, 9.17) is 5.73 Å². The lowest BCUT2D eigenvalue weighted by atomic mass is 9.76. The minimum absolute atomic E-state index is 0.316. The molecule has 0 aliphatic heterocycles. The van der Waals surface area contributed by atoms with E-state index in [1.165, 1.54) is 5.56 Å². The lowest BCUT2D eigenvalue weighted by Gasteiger charge is -2.33. The van der Waals surface area contributed by atoms with E-state index in [9.17, 15) is 0 Å². The summed E-state index contributed by atoms with van der Waals surface area (Å²) in [5, 5.41) is 3.01. The summed E-state index contributed by atoms with van der Waals surface area (Å²) in [5.74, 6) is 1.79. The van der Waals surface area contributed by atoms with Gasteiger partial charge in [-0.25, -0.2) is 9.98 Å². The highest BCUT2D eigenvalue weighted by Crippen LogP contribution is 2.38. The molecule has 0 amide bonds.